The first-order chi connectivity index (χ1) is 12.0. The SMILES string of the molecule is Cc1cc(Nc2ncnc(N)c2Cl)nc2c1C(=O)NC21CCCCC1. The maximum absolute atomic E-state index is 12.5. The molecule has 0 unspecified atom stereocenters. The molecule has 1 saturated carbocycles. The van der Waals surface area contributed by atoms with E-state index in [4.69, 9.17) is 22.3 Å². The molecule has 0 atom stereocenters. The monoisotopic (exact) mass is 358 g/mol. The van der Waals surface area contributed by atoms with Crippen LogP contribution in [0.2, 0.25) is 5.02 Å². The number of carbonyl (C=O) groups excluding carboxylic acids is 1. The van der Waals surface area contributed by atoms with Crippen molar-refractivity contribution < 1.29 is 4.79 Å². The van der Waals surface area contributed by atoms with E-state index in [1.165, 1.54) is 12.7 Å². The van der Waals surface area contributed by atoms with E-state index in [-0.39, 0.29) is 22.3 Å². The number of rotatable bonds is 2. The van der Waals surface area contributed by atoms with Gasteiger partial charge < -0.3 is 16.4 Å². The van der Waals surface area contributed by atoms with Crippen molar-refractivity contribution in [3.63, 3.8) is 0 Å². The number of carbonyl (C=O) groups is 1. The molecule has 0 bridgehead atoms. The predicted octanol–water partition coefficient (Wildman–Crippen LogP) is 3.06. The standard InChI is InChI=1S/C17H19ClN6O/c1-9-7-10(23-15-12(18)14(19)20-8-21-15)22-13-11(9)16(25)24-17(13)5-3-2-4-6-17/h7-8H,2-6H2,1H3,(H,24,25)(H3,19,20,21,22,23). The van der Waals surface area contributed by atoms with Gasteiger partial charge in [-0.05, 0) is 31.4 Å². The number of nitrogen functional groups attached to an aromatic ring is 1. The Balaban J connectivity index is 1.77. The Hall–Kier alpha value is -2.41. The number of nitrogens with two attached hydrogens (primary N) is 1. The van der Waals surface area contributed by atoms with Crippen LogP contribution in [-0.2, 0) is 5.54 Å². The molecule has 130 valence electrons. The fourth-order valence-electron chi connectivity index (χ4n) is 3.82. The van der Waals surface area contributed by atoms with Gasteiger partial charge in [0.05, 0.1) is 16.8 Å². The van der Waals surface area contributed by atoms with Gasteiger partial charge in [-0.1, -0.05) is 30.9 Å². The summed E-state index contributed by atoms with van der Waals surface area (Å²) in [6.45, 7) is 1.92. The largest absolute Gasteiger partial charge is 0.382 e. The Labute approximate surface area is 150 Å². The average molecular weight is 359 g/mol. The molecular weight excluding hydrogens is 340 g/mol. The Kier molecular flexibility index (Phi) is 3.76. The Morgan fingerprint density at radius 3 is 2.80 bits per heavy atom. The molecule has 2 aliphatic rings. The average Bonchev–Trinajstić information content (AvgIpc) is 2.85. The van der Waals surface area contributed by atoms with Gasteiger partial charge in [-0.2, -0.15) is 0 Å². The molecule has 1 spiro atoms. The van der Waals surface area contributed by atoms with E-state index >= 15 is 0 Å². The van der Waals surface area contributed by atoms with Gasteiger partial charge >= 0.3 is 0 Å². The second-order valence-electron chi connectivity index (χ2n) is 6.69. The van der Waals surface area contributed by atoms with Crippen LogP contribution in [0.3, 0.4) is 0 Å². The van der Waals surface area contributed by atoms with E-state index in [0.717, 1.165) is 36.9 Å². The normalized spacial score (nSPS) is 18.1. The molecular formula is C17H19ClN6O. The molecule has 0 radical (unpaired) electrons. The van der Waals surface area contributed by atoms with Gasteiger partial charge in [0, 0.05) is 0 Å². The zero-order valence-corrected chi connectivity index (χ0v) is 14.7. The lowest BCUT2D eigenvalue weighted by Crippen LogP contribution is -2.41. The van der Waals surface area contributed by atoms with Gasteiger partial charge in [-0.3, -0.25) is 4.79 Å². The summed E-state index contributed by atoms with van der Waals surface area (Å²) in [5.74, 6) is 1.17. The molecule has 7 nitrogen and oxygen atoms in total. The van der Waals surface area contributed by atoms with Crippen LogP contribution >= 0.6 is 11.6 Å². The van der Waals surface area contributed by atoms with Crippen molar-refractivity contribution in [3.8, 4) is 0 Å². The quantitative estimate of drug-likeness (QED) is 0.761. The van der Waals surface area contributed by atoms with E-state index in [0.29, 0.717) is 17.2 Å². The molecule has 1 aliphatic carbocycles. The van der Waals surface area contributed by atoms with Crippen molar-refractivity contribution >= 4 is 35.0 Å². The second kappa shape index (κ2) is 5.84. The summed E-state index contributed by atoms with van der Waals surface area (Å²) in [5, 5.41) is 6.55. The van der Waals surface area contributed by atoms with Crippen LogP contribution in [0, 0.1) is 6.92 Å². The molecule has 1 aliphatic heterocycles. The molecule has 25 heavy (non-hydrogen) atoms. The summed E-state index contributed by atoms with van der Waals surface area (Å²) in [5.41, 5.74) is 7.79. The lowest BCUT2D eigenvalue weighted by Gasteiger charge is -2.33. The smallest absolute Gasteiger partial charge is 0.254 e. The van der Waals surface area contributed by atoms with E-state index in [1.807, 2.05) is 13.0 Å². The first kappa shape index (κ1) is 16.1. The Morgan fingerprint density at radius 2 is 2.04 bits per heavy atom. The molecule has 4 rings (SSSR count). The third kappa shape index (κ3) is 2.59. The van der Waals surface area contributed by atoms with Crippen LogP contribution in [-0.4, -0.2) is 20.9 Å². The Morgan fingerprint density at radius 1 is 1.28 bits per heavy atom. The third-order valence-corrected chi connectivity index (χ3v) is 5.39. The summed E-state index contributed by atoms with van der Waals surface area (Å²) >= 11 is 6.16. The second-order valence-corrected chi connectivity index (χ2v) is 7.07. The summed E-state index contributed by atoms with van der Waals surface area (Å²) in [7, 11) is 0. The van der Waals surface area contributed by atoms with Crippen LogP contribution in [0.4, 0.5) is 17.5 Å². The molecule has 2 aromatic heterocycles. The van der Waals surface area contributed by atoms with Crippen molar-refractivity contribution in [1.82, 2.24) is 20.3 Å². The molecule has 0 saturated heterocycles. The lowest BCUT2D eigenvalue weighted by atomic mass is 9.79. The van der Waals surface area contributed by atoms with E-state index in [1.54, 1.807) is 0 Å². The Bertz CT molecular complexity index is 862. The van der Waals surface area contributed by atoms with Crippen molar-refractivity contribution in [2.75, 3.05) is 11.1 Å². The summed E-state index contributed by atoms with van der Waals surface area (Å²) < 4.78 is 0. The van der Waals surface area contributed by atoms with Crippen LogP contribution in [0.25, 0.3) is 0 Å². The number of nitrogens with zero attached hydrogens (tertiary/aromatic N) is 3. The first-order valence-electron chi connectivity index (χ1n) is 8.38. The van der Waals surface area contributed by atoms with Crippen molar-refractivity contribution in [1.29, 1.82) is 0 Å². The van der Waals surface area contributed by atoms with Crippen molar-refractivity contribution in [2.45, 2.75) is 44.6 Å². The zero-order valence-electron chi connectivity index (χ0n) is 13.9. The number of fused-ring (bicyclic) bond motifs is 2. The van der Waals surface area contributed by atoms with E-state index in [2.05, 4.69) is 20.6 Å². The fraction of sp³-hybridized carbons (Fsp3) is 0.412. The van der Waals surface area contributed by atoms with Crippen LogP contribution in [0.15, 0.2) is 12.4 Å². The highest BCUT2D eigenvalue weighted by Crippen LogP contribution is 2.43. The minimum Gasteiger partial charge on any atom is -0.382 e. The number of hydrogen-bond acceptors (Lipinski definition) is 6. The van der Waals surface area contributed by atoms with Crippen molar-refractivity contribution in [3.05, 3.63) is 34.2 Å². The molecule has 0 aromatic carbocycles. The van der Waals surface area contributed by atoms with E-state index < -0.39 is 0 Å². The summed E-state index contributed by atoms with van der Waals surface area (Å²) in [6.07, 6.45) is 6.56. The number of amides is 1. The molecule has 3 heterocycles. The zero-order chi connectivity index (χ0) is 17.6. The topological polar surface area (TPSA) is 106 Å². The lowest BCUT2D eigenvalue weighted by molar-refractivity contribution is 0.0908. The number of nitrogens with one attached hydrogen (secondary N) is 2. The molecule has 1 amide bonds. The molecule has 4 N–H and O–H groups in total. The fourth-order valence-corrected chi connectivity index (χ4v) is 3.96. The van der Waals surface area contributed by atoms with Crippen LogP contribution < -0.4 is 16.4 Å². The highest BCUT2D eigenvalue weighted by atomic mass is 35.5. The summed E-state index contributed by atoms with van der Waals surface area (Å²) in [6, 6.07) is 1.83. The number of hydrogen-bond donors (Lipinski definition) is 3. The van der Waals surface area contributed by atoms with Gasteiger partial charge in [0.15, 0.2) is 5.82 Å². The van der Waals surface area contributed by atoms with Crippen molar-refractivity contribution in [2.24, 2.45) is 0 Å². The van der Waals surface area contributed by atoms with Gasteiger partial charge in [-0.15, -0.1) is 0 Å². The number of aromatic nitrogens is 3. The first-order valence-corrected chi connectivity index (χ1v) is 8.76. The maximum atomic E-state index is 12.5. The summed E-state index contributed by atoms with van der Waals surface area (Å²) in [4.78, 5) is 25.2. The van der Waals surface area contributed by atoms with E-state index in [9.17, 15) is 4.79 Å². The van der Waals surface area contributed by atoms with Gasteiger partial charge in [0.25, 0.3) is 5.91 Å². The predicted molar refractivity (Wildman–Crippen MR) is 95.9 cm³/mol. The number of anilines is 3. The molecule has 8 heteroatoms. The van der Waals surface area contributed by atoms with Crippen LogP contribution in [0.1, 0.15) is 53.7 Å². The maximum Gasteiger partial charge on any atom is 0.254 e. The number of pyridine rings is 1. The van der Waals surface area contributed by atoms with Gasteiger partial charge in [0.1, 0.15) is 23.0 Å². The minimum atomic E-state index is -0.346. The van der Waals surface area contributed by atoms with Gasteiger partial charge in [-0.25, -0.2) is 15.0 Å². The highest BCUT2D eigenvalue weighted by Gasteiger charge is 2.45. The highest BCUT2D eigenvalue weighted by molar-refractivity contribution is 6.35. The molecule has 1 fully saturated rings. The number of aryl methyl sites for hydroxylation is 1. The number of halogens is 1. The van der Waals surface area contributed by atoms with Crippen LogP contribution in [0.5, 0.6) is 0 Å². The minimum absolute atomic E-state index is 0.0298. The third-order valence-electron chi connectivity index (χ3n) is 5.02. The van der Waals surface area contributed by atoms with Gasteiger partial charge in [0.2, 0.25) is 0 Å². The molecule has 2 aromatic rings.